The zero-order valence-electron chi connectivity index (χ0n) is 15.6. The number of nitrogens with one attached hydrogen (secondary N) is 1. The third kappa shape index (κ3) is 3.06. The Balaban J connectivity index is 1.57. The average Bonchev–Trinajstić information content (AvgIpc) is 3.38. The Kier molecular flexibility index (Phi) is 4.37. The first-order valence-electron chi connectivity index (χ1n) is 9.74. The van der Waals surface area contributed by atoms with Crippen molar-refractivity contribution in [2.75, 3.05) is 13.1 Å². The van der Waals surface area contributed by atoms with Crippen molar-refractivity contribution in [1.29, 1.82) is 0 Å². The second kappa shape index (κ2) is 6.56. The summed E-state index contributed by atoms with van der Waals surface area (Å²) in [5.74, 6) is 0.664. The SMILES string of the molecule is CC(=O)N1C[C@H](NC(=O)c2cc3c(n(C)c2=O)CCCC3)[C@@H](C2CC2)C1. The van der Waals surface area contributed by atoms with Gasteiger partial charge in [-0.15, -0.1) is 0 Å². The second-order valence-electron chi connectivity index (χ2n) is 8.11. The summed E-state index contributed by atoms with van der Waals surface area (Å²) in [5.41, 5.74) is 2.22. The summed E-state index contributed by atoms with van der Waals surface area (Å²) in [7, 11) is 1.77. The van der Waals surface area contributed by atoms with E-state index in [1.807, 2.05) is 4.90 Å². The molecule has 1 saturated carbocycles. The number of aromatic nitrogens is 1. The van der Waals surface area contributed by atoms with E-state index in [0.29, 0.717) is 24.9 Å². The highest BCUT2D eigenvalue weighted by molar-refractivity contribution is 5.94. The highest BCUT2D eigenvalue weighted by atomic mass is 16.2. The molecule has 2 fully saturated rings. The van der Waals surface area contributed by atoms with Crippen LogP contribution in [0.15, 0.2) is 10.9 Å². The van der Waals surface area contributed by atoms with Gasteiger partial charge in [-0.1, -0.05) is 0 Å². The molecule has 2 heterocycles. The standard InChI is InChI=1S/C20H27N3O3/c1-12(24)23-10-16(13-7-8-13)17(11-23)21-19(25)15-9-14-5-3-4-6-18(14)22(2)20(15)26/h9,13,16-17H,3-8,10-11H2,1-2H3,(H,21,25)/t16-,17+/m1/s1. The number of hydrogen-bond donors (Lipinski definition) is 1. The van der Waals surface area contributed by atoms with Gasteiger partial charge >= 0.3 is 0 Å². The van der Waals surface area contributed by atoms with Crippen LogP contribution >= 0.6 is 0 Å². The predicted molar refractivity (Wildman–Crippen MR) is 98.0 cm³/mol. The van der Waals surface area contributed by atoms with Crippen molar-refractivity contribution < 1.29 is 9.59 Å². The van der Waals surface area contributed by atoms with Gasteiger partial charge in [0, 0.05) is 38.7 Å². The van der Waals surface area contributed by atoms with Gasteiger partial charge in [-0.05, 0) is 56.1 Å². The number of nitrogens with zero attached hydrogens (tertiary/aromatic N) is 2. The van der Waals surface area contributed by atoms with Crippen LogP contribution in [-0.4, -0.2) is 40.4 Å². The van der Waals surface area contributed by atoms with Gasteiger partial charge in [0.15, 0.2) is 0 Å². The van der Waals surface area contributed by atoms with Crippen LogP contribution < -0.4 is 10.9 Å². The molecule has 2 atom stereocenters. The maximum atomic E-state index is 12.9. The molecule has 1 aliphatic heterocycles. The van der Waals surface area contributed by atoms with Crippen molar-refractivity contribution in [2.45, 2.75) is 51.5 Å². The van der Waals surface area contributed by atoms with Crippen molar-refractivity contribution in [3.63, 3.8) is 0 Å². The van der Waals surface area contributed by atoms with Gasteiger partial charge < -0.3 is 14.8 Å². The number of pyridine rings is 1. The first-order chi connectivity index (χ1) is 12.5. The van der Waals surface area contributed by atoms with Crippen LogP contribution in [0.2, 0.25) is 0 Å². The van der Waals surface area contributed by atoms with Crippen LogP contribution in [-0.2, 0) is 24.7 Å². The molecule has 1 N–H and O–H groups in total. The number of rotatable bonds is 3. The van der Waals surface area contributed by atoms with Crippen LogP contribution in [0.4, 0.5) is 0 Å². The van der Waals surface area contributed by atoms with Crippen molar-refractivity contribution in [2.24, 2.45) is 18.9 Å². The minimum Gasteiger partial charge on any atom is -0.347 e. The Hall–Kier alpha value is -2.11. The van der Waals surface area contributed by atoms with E-state index >= 15 is 0 Å². The zero-order chi connectivity index (χ0) is 18.4. The molecule has 0 unspecified atom stereocenters. The molecule has 4 rings (SSSR count). The number of aryl methyl sites for hydroxylation is 1. The lowest BCUT2D eigenvalue weighted by atomic mass is 9.94. The molecule has 1 aromatic rings. The van der Waals surface area contributed by atoms with Crippen molar-refractivity contribution in [3.8, 4) is 0 Å². The van der Waals surface area contributed by atoms with Gasteiger partial charge in [0.2, 0.25) is 5.91 Å². The lowest BCUT2D eigenvalue weighted by Crippen LogP contribution is -2.44. The summed E-state index contributed by atoms with van der Waals surface area (Å²) in [5, 5.41) is 3.08. The number of likely N-dealkylation sites (tertiary alicyclic amines) is 1. The molecular formula is C20H27N3O3. The van der Waals surface area contributed by atoms with Crippen LogP contribution in [0.25, 0.3) is 0 Å². The molecule has 6 heteroatoms. The van der Waals surface area contributed by atoms with E-state index in [1.54, 1.807) is 24.6 Å². The lowest BCUT2D eigenvalue weighted by molar-refractivity contribution is -0.128. The Morgan fingerprint density at radius 1 is 1.15 bits per heavy atom. The largest absolute Gasteiger partial charge is 0.347 e. The minimum absolute atomic E-state index is 0.0529. The van der Waals surface area contributed by atoms with E-state index in [9.17, 15) is 14.4 Å². The van der Waals surface area contributed by atoms with Crippen LogP contribution in [0.1, 0.15) is 54.2 Å². The van der Waals surface area contributed by atoms with Crippen LogP contribution in [0.3, 0.4) is 0 Å². The van der Waals surface area contributed by atoms with Gasteiger partial charge in [0.25, 0.3) is 11.5 Å². The fourth-order valence-corrected chi connectivity index (χ4v) is 4.64. The predicted octanol–water partition coefficient (Wildman–Crippen LogP) is 1.25. The fourth-order valence-electron chi connectivity index (χ4n) is 4.64. The molecule has 1 aromatic heterocycles. The van der Waals surface area contributed by atoms with E-state index in [-0.39, 0.29) is 29.0 Å². The average molecular weight is 357 g/mol. The Labute approximate surface area is 153 Å². The monoisotopic (exact) mass is 357 g/mol. The first kappa shape index (κ1) is 17.3. The van der Waals surface area contributed by atoms with E-state index in [0.717, 1.165) is 36.9 Å². The van der Waals surface area contributed by atoms with E-state index in [4.69, 9.17) is 0 Å². The molecule has 0 aromatic carbocycles. The number of carbonyl (C=O) groups is 2. The van der Waals surface area contributed by atoms with Crippen molar-refractivity contribution in [1.82, 2.24) is 14.8 Å². The zero-order valence-corrected chi connectivity index (χ0v) is 15.6. The number of hydrogen-bond acceptors (Lipinski definition) is 3. The molecule has 140 valence electrons. The molecule has 1 saturated heterocycles. The van der Waals surface area contributed by atoms with E-state index in [2.05, 4.69) is 5.32 Å². The summed E-state index contributed by atoms with van der Waals surface area (Å²) < 4.78 is 1.65. The molecule has 2 amide bonds. The molecule has 2 aliphatic carbocycles. The fraction of sp³-hybridized carbons (Fsp3) is 0.650. The molecule has 0 radical (unpaired) electrons. The summed E-state index contributed by atoms with van der Waals surface area (Å²) in [4.78, 5) is 39.2. The second-order valence-corrected chi connectivity index (χ2v) is 8.11. The quantitative estimate of drug-likeness (QED) is 0.885. The summed E-state index contributed by atoms with van der Waals surface area (Å²) in [6, 6.07) is 1.75. The first-order valence-corrected chi connectivity index (χ1v) is 9.74. The highest BCUT2D eigenvalue weighted by Gasteiger charge is 2.44. The lowest BCUT2D eigenvalue weighted by Gasteiger charge is -2.22. The van der Waals surface area contributed by atoms with E-state index < -0.39 is 0 Å². The molecular weight excluding hydrogens is 330 g/mol. The maximum absolute atomic E-state index is 12.9. The third-order valence-corrected chi connectivity index (χ3v) is 6.34. The summed E-state index contributed by atoms with van der Waals surface area (Å²) >= 11 is 0. The van der Waals surface area contributed by atoms with E-state index in [1.165, 1.54) is 12.8 Å². The highest BCUT2D eigenvalue weighted by Crippen LogP contribution is 2.41. The smallest absolute Gasteiger partial charge is 0.263 e. The normalized spacial score (nSPS) is 25.1. The van der Waals surface area contributed by atoms with Gasteiger partial charge in [0.1, 0.15) is 5.56 Å². The molecule has 26 heavy (non-hydrogen) atoms. The van der Waals surface area contributed by atoms with Gasteiger partial charge in [-0.25, -0.2) is 0 Å². The third-order valence-electron chi connectivity index (χ3n) is 6.34. The Morgan fingerprint density at radius 3 is 2.58 bits per heavy atom. The molecule has 0 spiro atoms. The minimum atomic E-state index is -0.292. The van der Waals surface area contributed by atoms with Crippen LogP contribution in [0.5, 0.6) is 0 Å². The Morgan fingerprint density at radius 2 is 1.88 bits per heavy atom. The summed E-state index contributed by atoms with van der Waals surface area (Å²) in [6.07, 6.45) is 6.37. The maximum Gasteiger partial charge on any atom is 0.263 e. The molecule has 0 bridgehead atoms. The Bertz CT molecular complexity index is 809. The molecule has 6 nitrogen and oxygen atoms in total. The van der Waals surface area contributed by atoms with Crippen molar-refractivity contribution in [3.05, 3.63) is 33.2 Å². The van der Waals surface area contributed by atoms with Gasteiger partial charge in [-0.3, -0.25) is 14.4 Å². The topological polar surface area (TPSA) is 71.4 Å². The van der Waals surface area contributed by atoms with Crippen LogP contribution in [0, 0.1) is 11.8 Å². The number of fused-ring (bicyclic) bond motifs is 1. The number of carbonyl (C=O) groups excluding carboxylic acids is 2. The van der Waals surface area contributed by atoms with Crippen molar-refractivity contribution >= 4 is 11.8 Å². The number of amides is 2. The summed E-state index contributed by atoms with van der Waals surface area (Å²) in [6.45, 7) is 2.84. The van der Waals surface area contributed by atoms with Gasteiger partial charge in [0.05, 0.1) is 6.04 Å². The molecule has 3 aliphatic rings. The van der Waals surface area contributed by atoms with Gasteiger partial charge in [-0.2, -0.15) is 0 Å².